The fraction of sp³-hybridized carbons (Fsp3) is 0.250. The van der Waals surface area contributed by atoms with E-state index in [9.17, 15) is 4.79 Å². The minimum atomic E-state index is 0.140. The van der Waals surface area contributed by atoms with Crippen molar-refractivity contribution in [3.05, 3.63) is 53.1 Å². The molecule has 0 unspecified atom stereocenters. The lowest BCUT2D eigenvalue weighted by molar-refractivity contribution is -0.132. The lowest BCUT2D eigenvalue weighted by Crippen LogP contribution is -2.41. The summed E-state index contributed by atoms with van der Waals surface area (Å²) in [6, 6.07) is 13.5. The van der Waals surface area contributed by atoms with Crippen molar-refractivity contribution in [2.24, 2.45) is 4.99 Å². The number of benzene rings is 2. The minimum Gasteiger partial charge on any atom is -0.378 e. The maximum atomic E-state index is 12.3. The highest BCUT2D eigenvalue weighted by Crippen LogP contribution is 2.32. The number of carbonyl (C=O) groups is 1. The van der Waals surface area contributed by atoms with Crippen molar-refractivity contribution in [1.29, 1.82) is 0 Å². The van der Waals surface area contributed by atoms with Gasteiger partial charge in [-0.2, -0.15) is 0 Å². The van der Waals surface area contributed by atoms with Crippen molar-refractivity contribution >= 4 is 62.7 Å². The van der Waals surface area contributed by atoms with Crippen LogP contribution in [0.2, 0.25) is 5.02 Å². The highest BCUT2D eigenvalue weighted by molar-refractivity contribution is 8.01. The Morgan fingerprint density at radius 2 is 2.04 bits per heavy atom. The predicted molar refractivity (Wildman–Crippen MR) is 116 cm³/mol. The first-order chi connectivity index (χ1) is 13.7. The molecule has 3 aromatic rings. The first-order valence-corrected chi connectivity index (χ1v) is 11.0. The lowest BCUT2D eigenvalue weighted by Gasteiger charge is -2.26. The molecule has 1 aliphatic heterocycles. The number of aromatic nitrogens is 1. The van der Waals surface area contributed by atoms with Crippen molar-refractivity contribution in [3.63, 3.8) is 0 Å². The van der Waals surface area contributed by atoms with Gasteiger partial charge in [-0.25, -0.2) is 4.98 Å². The lowest BCUT2D eigenvalue weighted by atomic mass is 10.2. The molecule has 2 heterocycles. The molecule has 0 radical (unpaired) electrons. The molecule has 1 aromatic heterocycles. The second kappa shape index (κ2) is 9.05. The summed E-state index contributed by atoms with van der Waals surface area (Å²) >= 11 is 8.98. The first-order valence-electron chi connectivity index (χ1n) is 8.86. The Morgan fingerprint density at radius 1 is 1.25 bits per heavy atom. The van der Waals surface area contributed by atoms with Crippen molar-refractivity contribution in [3.8, 4) is 0 Å². The number of halogens is 1. The van der Waals surface area contributed by atoms with E-state index < -0.39 is 0 Å². The molecule has 0 saturated carbocycles. The van der Waals surface area contributed by atoms with Gasteiger partial charge >= 0.3 is 0 Å². The Bertz CT molecular complexity index is 998. The number of hydrogen-bond donors (Lipinski definition) is 0. The molecule has 8 heteroatoms. The third-order valence-electron chi connectivity index (χ3n) is 4.27. The van der Waals surface area contributed by atoms with Gasteiger partial charge < -0.3 is 9.64 Å². The van der Waals surface area contributed by atoms with Gasteiger partial charge in [-0.1, -0.05) is 35.5 Å². The van der Waals surface area contributed by atoms with Crippen LogP contribution in [0.25, 0.3) is 10.2 Å². The molecule has 1 fully saturated rings. The van der Waals surface area contributed by atoms with Gasteiger partial charge in [0.15, 0.2) is 4.34 Å². The number of thiazole rings is 1. The second-order valence-electron chi connectivity index (χ2n) is 6.22. The molecule has 1 amide bonds. The van der Waals surface area contributed by atoms with Crippen LogP contribution in [0, 0.1) is 0 Å². The average Bonchev–Trinajstić information content (AvgIpc) is 3.14. The molecular formula is C20H18ClN3O2S2. The third kappa shape index (κ3) is 4.91. The molecule has 5 nitrogen and oxygen atoms in total. The molecule has 0 bridgehead atoms. The number of thioether (sulfide) groups is 1. The summed E-state index contributed by atoms with van der Waals surface area (Å²) < 4.78 is 7.25. The highest BCUT2D eigenvalue weighted by Gasteiger charge is 2.17. The van der Waals surface area contributed by atoms with Gasteiger partial charge in [-0.3, -0.25) is 9.79 Å². The van der Waals surface area contributed by atoms with E-state index in [1.807, 2.05) is 53.6 Å². The molecule has 1 aliphatic rings. The molecular weight excluding hydrogens is 414 g/mol. The van der Waals surface area contributed by atoms with Crippen LogP contribution in [0.5, 0.6) is 0 Å². The predicted octanol–water partition coefficient (Wildman–Crippen LogP) is 4.65. The number of morpholine rings is 1. The van der Waals surface area contributed by atoms with Crippen molar-refractivity contribution in [1.82, 2.24) is 9.88 Å². The Balaban J connectivity index is 1.41. The van der Waals surface area contributed by atoms with E-state index in [-0.39, 0.29) is 5.91 Å². The van der Waals surface area contributed by atoms with Crippen LogP contribution in [-0.2, 0) is 9.53 Å². The van der Waals surface area contributed by atoms with Crippen LogP contribution < -0.4 is 0 Å². The molecule has 0 aliphatic carbocycles. The van der Waals surface area contributed by atoms with Gasteiger partial charge in [0.2, 0.25) is 5.91 Å². The molecule has 0 atom stereocenters. The molecule has 28 heavy (non-hydrogen) atoms. The van der Waals surface area contributed by atoms with Crippen molar-refractivity contribution < 1.29 is 9.53 Å². The summed E-state index contributed by atoms with van der Waals surface area (Å²) in [4.78, 5) is 23.3. The number of fused-ring (bicyclic) bond motifs is 1. The number of amides is 1. The van der Waals surface area contributed by atoms with Crippen LogP contribution in [0.4, 0.5) is 5.69 Å². The van der Waals surface area contributed by atoms with E-state index >= 15 is 0 Å². The standard InChI is InChI=1S/C20H18ClN3O2S2/c21-15-3-1-14(2-4-15)12-22-16-5-6-17-18(11-16)28-20(23-17)27-13-19(25)24-7-9-26-10-8-24/h1-6,11-12H,7-10,13H2. The SMILES string of the molecule is O=C(CSc1nc2ccc(N=Cc3ccc(Cl)cc3)cc2s1)N1CCOCC1. The number of carbonyl (C=O) groups excluding carboxylic acids is 1. The quantitative estimate of drug-likeness (QED) is 0.435. The molecule has 0 spiro atoms. The summed E-state index contributed by atoms with van der Waals surface area (Å²) in [5, 5.41) is 0.709. The van der Waals surface area contributed by atoms with E-state index in [1.54, 1.807) is 11.3 Å². The Labute approximate surface area is 176 Å². The smallest absolute Gasteiger partial charge is 0.233 e. The molecule has 144 valence electrons. The Morgan fingerprint density at radius 3 is 2.82 bits per heavy atom. The summed E-state index contributed by atoms with van der Waals surface area (Å²) in [6.07, 6.45) is 1.81. The van der Waals surface area contributed by atoms with Crippen LogP contribution in [-0.4, -0.2) is 54.1 Å². The summed E-state index contributed by atoms with van der Waals surface area (Å²) in [6.45, 7) is 2.59. The minimum absolute atomic E-state index is 0.140. The summed E-state index contributed by atoms with van der Waals surface area (Å²) in [5.74, 6) is 0.544. The average molecular weight is 432 g/mol. The number of nitrogens with zero attached hydrogens (tertiary/aromatic N) is 3. The van der Waals surface area contributed by atoms with Gasteiger partial charge in [-0.05, 0) is 35.9 Å². The number of rotatable bonds is 5. The maximum Gasteiger partial charge on any atom is 0.233 e. The zero-order valence-corrected chi connectivity index (χ0v) is 17.4. The number of ether oxygens (including phenoxy) is 1. The molecule has 0 N–H and O–H groups in total. The zero-order valence-electron chi connectivity index (χ0n) is 15.0. The van der Waals surface area contributed by atoms with E-state index in [1.165, 1.54) is 11.8 Å². The molecule has 4 rings (SSSR count). The van der Waals surface area contributed by atoms with Gasteiger partial charge in [-0.15, -0.1) is 11.3 Å². The largest absolute Gasteiger partial charge is 0.378 e. The monoisotopic (exact) mass is 431 g/mol. The van der Waals surface area contributed by atoms with Gasteiger partial charge in [0.1, 0.15) is 0 Å². The molecule has 2 aromatic carbocycles. The summed E-state index contributed by atoms with van der Waals surface area (Å²) in [5.41, 5.74) is 2.79. The Hall–Kier alpha value is -1.93. The van der Waals surface area contributed by atoms with E-state index in [4.69, 9.17) is 16.3 Å². The van der Waals surface area contributed by atoms with Crippen molar-refractivity contribution in [2.45, 2.75) is 4.34 Å². The fourth-order valence-corrected chi connectivity index (χ4v) is 4.89. The first kappa shape index (κ1) is 19.4. The van der Waals surface area contributed by atoms with Gasteiger partial charge in [0, 0.05) is 24.3 Å². The number of hydrogen-bond acceptors (Lipinski definition) is 6. The van der Waals surface area contributed by atoms with Gasteiger partial charge in [0.25, 0.3) is 0 Å². The zero-order chi connectivity index (χ0) is 19.3. The van der Waals surface area contributed by atoms with Gasteiger partial charge in [0.05, 0.1) is 34.9 Å². The highest BCUT2D eigenvalue weighted by atomic mass is 35.5. The van der Waals surface area contributed by atoms with Crippen LogP contribution in [0.3, 0.4) is 0 Å². The third-order valence-corrected chi connectivity index (χ3v) is 6.67. The van der Waals surface area contributed by atoms with Crippen molar-refractivity contribution in [2.75, 3.05) is 32.1 Å². The van der Waals surface area contributed by atoms with E-state index in [2.05, 4.69) is 9.98 Å². The summed E-state index contributed by atoms with van der Waals surface area (Å²) in [7, 11) is 0. The second-order valence-corrected chi connectivity index (χ2v) is 8.91. The van der Waals surface area contributed by atoms with Crippen LogP contribution >= 0.6 is 34.7 Å². The fourth-order valence-electron chi connectivity index (χ4n) is 2.76. The Kier molecular flexibility index (Phi) is 6.26. The normalized spacial score (nSPS) is 14.8. The topological polar surface area (TPSA) is 54.8 Å². The molecule has 1 saturated heterocycles. The number of aliphatic imine (C=N–C) groups is 1. The maximum absolute atomic E-state index is 12.3. The van der Waals surface area contributed by atoms with E-state index in [0.29, 0.717) is 37.1 Å². The van der Waals surface area contributed by atoms with Crippen LogP contribution in [0.15, 0.2) is 51.8 Å². The van der Waals surface area contributed by atoms with E-state index in [0.717, 1.165) is 25.8 Å². The van der Waals surface area contributed by atoms with Crippen LogP contribution in [0.1, 0.15) is 5.56 Å².